The molecule has 7 heteroatoms. The van der Waals surface area contributed by atoms with Gasteiger partial charge in [0.2, 0.25) is 11.8 Å². The molecule has 2 heterocycles. The lowest BCUT2D eigenvalue weighted by molar-refractivity contribution is -0.127. The molecule has 0 atom stereocenters. The van der Waals surface area contributed by atoms with E-state index in [9.17, 15) is 9.59 Å². The van der Waals surface area contributed by atoms with Gasteiger partial charge < -0.3 is 14.6 Å². The summed E-state index contributed by atoms with van der Waals surface area (Å²) in [6, 6.07) is 10.7. The van der Waals surface area contributed by atoms with Gasteiger partial charge in [-0.2, -0.15) is 0 Å². The molecule has 0 aliphatic carbocycles. The number of piperazine rings is 1. The third-order valence-corrected chi connectivity index (χ3v) is 4.46. The fourth-order valence-electron chi connectivity index (χ4n) is 2.73. The molecule has 0 radical (unpaired) electrons. The van der Waals surface area contributed by atoms with Crippen LogP contribution in [0.4, 0.5) is 5.69 Å². The van der Waals surface area contributed by atoms with Crippen LogP contribution in [0.25, 0.3) is 6.08 Å². The van der Waals surface area contributed by atoms with Gasteiger partial charge in [0, 0.05) is 32.3 Å². The number of furan rings is 1. The van der Waals surface area contributed by atoms with Gasteiger partial charge in [-0.1, -0.05) is 23.7 Å². The van der Waals surface area contributed by atoms with Crippen molar-refractivity contribution in [3.05, 3.63) is 59.5 Å². The highest BCUT2D eigenvalue weighted by Gasteiger charge is 2.21. The highest BCUT2D eigenvalue weighted by molar-refractivity contribution is 6.33. The normalized spacial score (nSPS) is 15.3. The van der Waals surface area contributed by atoms with E-state index in [-0.39, 0.29) is 18.4 Å². The quantitative estimate of drug-likeness (QED) is 0.818. The second-order valence-corrected chi connectivity index (χ2v) is 6.39. The van der Waals surface area contributed by atoms with E-state index in [4.69, 9.17) is 16.0 Å². The minimum atomic E-state index is -0.115. The zero-order chi connectivity index (χ0) is 18.4. The van der Waals surface area contributed by atoms with Crippen molar-refractivity contribution in [2.45, 2.75) is 0 Å². The minimum Gasteiger partial charge on any atom is -0.465 e. The topological polar surface area (TPSA) is 65.8 Å². The Kier molecular flexibility index (Phi) is 6.09. The summed E-state index contributed by atoms with van der Waals surface area (Å²) in [5.41, 5.74) is 0.607. The monoisotopic (exact) mass is 373 g/mol. The maximum absolute atomic E-state index is 12.2. The van der Waals surface area contributed by atoms with Gasteiger partial charge >= 0.3 is 0 Å². The van der Waals surface area contributed by atoms with Crippen LogP contribution in [0, 0.1) is 0 Å². The van der Waals surface area contributed by atoms with E-state index >= 15 is 0 Å². The Labute approximate surface area is 157 Å². The molecule has 2 amide bonds. The highest BCUT2D eigenvalue weighted by atomic mass is 35.5. The molecule has 0 bridgehead atoms. The minimum absolute atomic E-state index is 0.0541. The predicted octanol–water partition coefficient (Wildman–Crippen LogP) is 2.73. The zero-order valence-corrected chi connectivity index (χ0v) is 15.0. The zero-order valence-electron chi connectivity index (χ0n) is 14.2. The van der Waals surface area contributed by atoms with Gasteiger partial charge in [0.1, 0.15) is 5.76 Å². The van der Waals surface area contributed by atoms with E-state index in [0.717, 1.165) is 0 Å². The summed E-state index contributed by atoms with van der Waals surface area (Å²) in [5.74, 6) is 0.477. The van der Waals surface area contributed by atoms with E-state index in [2.05, 4.69) is 5.32 Å². The van der Waals surface area contributed by atoms with Crippen LogP contribution in [-0.4, -0.2) is 54.3 Å². The Morgan fingerprint density at radius 2 is 1.88 bits per heavy atom. The molecule has 136 valence electrons. The van der Waals surface area contributed by atoms with E-state index in [1.54, 1.807) is 41.5 Å². The molecule has 26 heavy (non-hydrogen) atoms. The SMILES string of the molecule is O=C(CN1CCN(C(=O)C=Cc2ccco2)CC1)Nc1ccccc1Cl. The Balaban J connectivity index is 1.44. The van der Waals surface area contributed by atoms with Gasteiger partial charge in [-0.25, -0.2) is 0 Å². The van der Waals surface area contributed by atoms with Crippen LogP contribution in [0.3, 0.4) is 0 Å². The van der Waals surface area contributed by atoms with Crippen molar-refractivity contribution in [2.75, 3.05) is 38.0 Å². The maximum atomic E-state index is 12.2. The average molecular weight is 374 g/mol. The largest absolute Gasteiger partial charge is 0.465 e. The van der Waals surface area contributed by atoms with E-state index in [1.807, 2.05) is 17.0 Å². The smallest absolute Gasteiger partial charge is 0.246 e. The van der Waals surface area contributed by atoms with Crippen LogP contribution in [0.1, 0.15) is 5.76 Å². The molecule has 1 aromatic carbocycles. The van der Waals surface area contributed by atoms with Crippen LogP contribution >= 0.6 is 11.6 Å². The van der Waals surface area contributed by atoms with Crippen LogP contribution < -0.4 is 5.32 Å². The number of hydrogen-bond acceptors (Lipinski definition) is 4. The maximum Gasteiger partial charge on any atom is 0.246 e. The number of nitrogens with zero attached hydrogens (tertiary/aromatic N) is 2. The number of hydrogen-bond donors (Lipinski definition) is 1. The molecule has 0 unspecified atom stereocenters. The summed E-state index contributed by atoms with van der Waals surface area (Å²) in [5, 5.41) is 3.33. The molecule has 1 N–H and O–H groups in total. The molecule has 2 aromatic rings. The van der Waals surface area contributed by atoms with E-state index in [1.165, 1.54) is 6.08 Å². The second-order valence-electron chi connectivity index (χ2n) is 5.98. The number of carbonyl (C=O) groups is 2. The first-order valence-corrected chi connectivity index (χ1v) is 8.77. The third-order valence-electron chi connectivity index (χ3n) is 4.13. The molecule has 1 aromatic heterocycles. The Morgan fingerprint density at radius 1 is 1.12 bits per heavy atom. The number of rotatable bonds is 5. The lowest BCUT2D eigenvalue weighted by Gasteiger charge is -2.33. The molecule has 6 nitrogen and oxygen atoms in total. The first-order valence-electron chi connectivity index (χ1n) is 8.39. The molecule has 1 fully saturated rings. The average Bonchev–Trinajstić information content (AvgIpc) is 3.16. The molecule has 1 aliphatic heterocycles. The summed E-state index contributed by atoms with van der Waals surface area (Å²) in [7, 11) is 0. The van der Waals surface area contributed by atoms with Crippen molar-refractivity contribution < 1.29 is 14.0 Å². The molecular formula is C19H20ClN3O3. The standard InChI is InChI=1S/C19H20ClN3O3/c20-16-5-1-2-6-17(16)21-18(24)14-22-9-11-23(12-10-22)19(25)8-7-15-4-3-13-26-15/h1-8,13H,9-12,14H2,(H,21,24). The highest BCUT2D eigenvalue weighted by Crippen LogP contribution is 2.20. The molecule has 3 rings (SSSR count). The van der Waals surface area contributed by atoms with Crippen molar-refractivity contribution in [2.24, 2.45) is 0 Å². The van der Waals surface area contributed by atoms with Gasteiger partial charge in [0.05, 0.1) is 23.5 Å². The van der Waals surface area contributed by atoms with Crippen LogP contribution in [0.2, 0.25) is 5.02 Å². The number of halogens is 1. The Hall–Kier alpha value is -2.57. The summed E-state index contributed by atoms with van der Waals surface area (Å²) < 4.78 is 5.17. The van der Waals surface area contributed by atoms with Gasteiger partial charge in [0.25, 0.3) is 0 Å². The lowest BCUT2D eigenvalue weighted by atomic mass is 10.2. The fraction of sp³-hybridized carbons (Fsp3) is 0.263. The van der Waals surface area contributed by atoms with Gasteiger partial charge in [-0.3, -0.25) is 14.5 Å². The van der Waals surface area contributed by atoms with Crippen molar-refractivity contribution in [3.63, 3.8) is 0 Å². The Morgan fingerprint density at radius 3 is 2.58 bits per heavy atom. The van der Waals surface area contributed by atoms with Crippen molar-refractivity contribution in [1.29, 1.82) is 0 Å². The number of amides is 2. The van der Waals surface area contributed by atoms with Crippen LogP contribution in [0.15, 0.2) is 53.2 Å². The lowest BCUT2D eigenvalue weighted by Crippen LogP contribution is -2.50. The molecule has 1 saturated heterocycles. The second kappa shape index (κ2) is 8.69. The van der Waals surface area contributed by atoms with Crippen molar-refractivity contribution in [1.82, 2.24) is 9.80 Å². The van der Waals surface area contributed by atoms with Gasteiger partial charge in [-0.05, 0) is 30.3 Å². The van der Waals surface area contributed by atoms with E-state index < -0.39 is 0 Å². The summed E-state index contributed by atoms with van der Waals surface area (Å²) in [4.78, 5) is 28.1. The fourth-order valence-corrected chi connectivity index (χ4v) is 2.91. The number of para-hydroxylation sites is 1. The number of carbonyl (C=O) groups excluding carboxylic acids is 2. The molecule has 1 aliphatic rings. The summed E-state index contributed by atoms with van der Waals surface area (Å²) >= 11 is 6.05. The molecule has 0 saturated carbocycles. The van der Waals surface area contributed by atoms with Gasteiger partial charge in [0.15, 0.2) is 0 Å². The summed E-state index contributed by atoms with van der Waals surface area (Å²) in [6.07, 6.45) is 4.74. The van der Waals surface area contributed by atoms with E-state index in [0.29, 0.717) is 42.6 Å². The number of benzene rings is 1. The first kappa shape index (κ1) is 18.2. The van der Waals surface area contributed by atoms with Crippen molar-refractivity contribution >= 4 is 35.2 Å². The first-order chi connectivity index (χ1) is 12.6. The van der Waals surface area contributed by atoms with Gasteiger partial charge in [-0.15, -0.1) is 0 Å². The summed E-state index contributed by atoms with van der Waals surface area (Å²) in [6.45, 7) is 2.74. The molecule has 0 spiro atoms. The number of anilines is 1. The predicted molar refractivity (Wildman–Crippen MR) is 101 cm³/mol. The number of nitrogens with one attached hydrogen (secondary N) is 1. The Bertz CT molecular complexity index is 781. The van der Waals surface area contributed by atoms with Crippen LogP contribution in [-0.2, 0) is 9.59 Å². The molecular weight excluding hydrogens is 354 g/mol. The van der Waals surface area contributed by atoms with Crippen molar-refractivity contribution in [3.8, 4) is 0 Å². The third kappa shape index (κ3) is 4.97. The van der Waals surface area contributed by atoms with Crippen LogP contribution in [0.5, 0.6) is 0 Å².